The number of nitrogens with one attached hydrogen (secondary N) is 2. The van der Waals surface area contributed by atoms with E-state index in [0.717, 1.165) is 23.2 Å². The highest BCUT2D eigenvalue weighted by Crippen LogP contribution is 2.00. The van der Waals surface area contributed by atoms with Gasteiger partial charge in [0.25, 0.3) is 5.56 Å². The molecule has 0 unspecified atom stereocenters. The number of nitrogens with zero attached hydrogens (tertiary/aromatic N) is 2. The van der Waals surface area contributed by atoms with Gasteiger partial charge in [-0.25, -0.2) is 4.79 Å². The van der Waals surface area contributed by atoms with E-state index in [0.29, 0.717) is 19.0 Å². The van der Waals surface area contributed by atoms with E-state index in [9.17, 15) is 14.4 Å². The predicted molar refractivity (Wildman–Crippen MR) is 89.9 cm³/mol. The summed E-state index contributed by atoms with van der Waals surface area (Å²) in [6.07, 6.45) is 1.46. The van der Waals surface area contributed by atoms with E-state index in [2.05, 4.69) is 10.6 Å². The molecule has 1 aromatic carbocycles. The summed E-state index contributed by atoms with van der Waals surface area (Å²) in [5, 5.41) is 5.89. The first-order chi connectivity index (χ1) is 11.6. The fourth-order valence-corrected chi connectivity index (χ4v) is 2.55. The van der Waals surface area contributed by atoms with Crippen LogP contribution in [0.1, 0.15) is 5.56 Å². The van der Waals surface area contributed by atoms with Crippen LogP contribution >= 0.6 is 0 Å². The maximum atomic E-state index is 12.5. The van der Waals surface area contributed by atoms with Crippen molar-refractivity contribution in [3.05, 3.63) is 69.0 Å². The number of hydrogen-bond donors (Lipinski definition) is 2. The summed E-state index contributed by atoms with van der Waals surface area (Å²) in [4.78, 5) is 36.4. The number of aromatic nitrogens is 2. The van der Waals surface area contributed by atoms with Crippen molar-refractivity contribution in [1.29, 1.82) is 0 Å². The van der Waals surface area contributed by atoms with E-state index in [1.54, 1.807) is 0 Å². The Balaban J connectivity index is 1.72. The van der Waals surface area contributed by atoms with Gasteiger partial charge in [-0.2, -0.15) is 0 Å². The lowest BCUT2D eigenvalue weighted by molar-refractivity contribution is -0.122. The molecule has 3 rings (SSSR count). The molecule has 0 radical (unpaired) electrons. The number of carbonyl (C=O) groups excluding carboxylic acids is 1. The summed E-state index contributed by atoms with van der Waals surface area (Å²) < 4.78 is 2.40. The minimum atomic E-state index is -0.480. The average Bonchev–Trinajstić information content (AvgIpc) is 2.54. The molecule has 24 heavy (non-hydrogen) atoms. The Kier molecular flexibility index (Phi) is 4.90. The average molecular weight is 328 g/mol. The monoisotopic (exact) mass is 328 g/mol. The van der Waals surface area contributed by atoms with Gasteiger partial charge in [0.1, 0.15) is 6.54 Å². The standard InChI is InChI=1S/C17H20N4O3/c22-15(19-10-14-8-18-9-14)12-21-16(23)6-7-20(17(21)24)11-13-4-2-1-3-5-13/h1-7,14,18H,8-12H2,(H,19,22). The van der Waals surface area contributed by atoms with Gasteiger partial charge in [-0.15, -0.1) is 0 Å². The molecule has 1 saturated heterocycles. The molecule has 7 nitrogen and oxygen atoms in total. The van der Waals surface area contributed by atoms with Crippen LogP contribution in [0, 0.1) is 5.92 Å². The highest BCUT2D eigenvalue weighted by molar-refractivity contribution is 5.75. The topological polar surface area (TPSA) is 85.1 Å². The third kappa shape index (κ3) is 3.80. The van der Waals surface area contributed by atoms with Gasteiger partial charge in [-0.1, -0.05) is 30.3 Å². The van der Waals surface area contributed by atoms with Crippen molar-refractivity contribution in [3.8, 4) is 0 Å². The fourth-order valence-electron chi connectivity index (χ4n) is 2.55. The van der Waals surface area contributed by atoms with E-state index >= 15 is 0 Å². The van der Waals surface area contributed by atoms with E-state index in [-0.39, 0.29) is 12.5 Å². The molecule has 1 fully saturated rings. The number of benzene rings is 1. The second-order valence-electron chi connectivity index (χ2n) is 5.96. The normalized spacial score (nSPS) is 14.2. The van der Waals surface area contributed by atoms with Gasteiger partial charge in [-0.3, -0.25) is 18.7 Å². The summed E-state index contributed by atoms with van der Waals surface area (Å²) in [6.45, 7) is 2.43. The van der Waals surface area contributed by atoms with Gasteiger partial charge in [-0.05, 0) is 5.56 Å². The Labute approximate surface area is 138 Å². The Morgan fingerprint density at radius 3 is 2.58 bits per heavy atom. The molecule has 0 atom stereocenters. The summed E-state index contributed by atoms with van der Waals surface area (Å²) in [5.74, 6) is 0.106. The number of amides is 1. The highest BCUT2D eigenvalue weighted by atomic mass is 16.2. The van der Waals surface area contributed by atoms with Crippen LogP contribution in [-0.4, -0.2) is 34.7 Å². The van der Waals surface area contributed by atoms with Crippen molar-refractivity contribution in [1.82, 2.24) is 19.8 Å². The van der Waals surface area contributed by atoms with Crippen molar-refractivity contribution in [2.75, 3.05) is 19.6 Å². The first kappa shape index (κ1) is 16.2. The zero-order valence-electron chi connectivity index (χ0n) is 13.3. The Morgan fingerprint density at radius 1 is 1.17 bits per heavy atom. The first-order valence-corrected chi connectivity index (χ1v) is 7.95. The minimum absolute atomic E-state index is 0.257. The van der Waals surface area contributed by atoms with Crippen LogP contribution in [-0.2, 0) is 17.9 Å². The van der Waals surface area contributed by atoms with Crippen molar-refractivity contribution < 1.29 is 4.79 Å². The molecular weight excluding hydrogens is 308 g/mol. The molecule has 0 spiro atoms. The van der Waals surface area contributed by atoms with Gasteiger partial charge >= 0.3 is 5.69 Å². The van der Waals surface area contributed by atoms with E-state index in [1.165, 1.54) is 16.8 Å². The van der Waals surface area contributed by atoms with Crippen LogP contribution in [0.5, 0.6) is 0 Å². The van der Waals surface area contributed by atoms with Crippen LogP contribution < -0.4 is 21.9 Å². The predicted octanol–water partition coefficient (Wildman–Crippen LogP) is -0.606. The summed E-state index contributed by atoms with van der Waals surface area (Å²) in [6, 6.07) is 10.8. The van der Waals surface area contributed by atoms with Crippen LogP contribution in [0.25, 0.3) is 0 Å². The molecular formula is C17H20N4O3. The first-order valence-electron chi connectivity index (χ1n) is 7.95. The smallest absolute Gasteiger partial charge is 0.331 e. The zero-order chi connectivity index (χ0) is 16.9. The van der Waals surface area contributed by atoms with Crippen molar-refractivity contribution in [3.63, 3.8) is 0 Å². The minimum Gasteiger partial charge on any atom is -0.354 e. The molecule has 0 bridgehead atoms. The lowest BCUT2D eigenvalue weighted by Gasteiger charge is -2.27. The lowest BCUT2D eigenvalue weighted by Crippen LogP contribution is -2.49. The molecule has 1 aliphatic rings. The van der Waals surface area contributed by atoms with Crippen molar-refractivity contribution in [2.45, 2.75) is 13.1 Å². The van der Waals surface area contributed by atoms with Crippen LogP contribution in [0.3, 0.4) is 0 Å². The van der Waals surface area contributed by atoms with Gasteiger partial charge in [0.15, 0.2) is 0 Å². The largest absolute Gasteiger partial charge is 0.354 e. The van der Waals surface area contributed by atoms with Crippen LogP contribution in [0.4, 0.5) is 0 Å². The zero-order valence-corrected chi connectivity index (χ0v) is 13.3. The maximum Gasteiger partial charge on any atom is 0.331 e. The second-order valence-corrected chi connectivity index (χ2v) is 5.96. The molecule has 1 aromatic heterocycles. The Bertz CT molecular complexity index is 822. The van der Waals surface area contributed by atoms with E-state index in [1.807, 2.05) is 30.3 Å². The van der Waals surface area contributed by atoms with Crippen molar-refractivity contribution in [2.24, 2.45) is 5.92 Å². The summed E-state index contributed by atoms with van der Waals surface area (Å²) in [5.41, 5.74) is 0.00307. The quantitative estimate of drug-likeness (QED) is 0.741. The van der Waals surface area contributed by atoms with Crippen molar-refractivity contribution >= 4 is 5.91 Å². The molecule has 2 aromatic rings. The lowest BCUT2D eigenvalue weighted by atomic mass is 10.0. The maximum absolute atomic E-state index is 12.5. The third-order valence-corrected chi connectivity index (χ3v) is 4.09. The molecule has 0 aliphatic carbocycles. The number of carbonyl (C=O) groups is 1. The Hall–Kier alpha value is -2.67. The molecule has 1 aliphatic heterocycles. The van der Waals surface area contributed by atoms with Gasteiger partial charge in [0.2, 0.25) is 5.91 Å². The summed E-state index contributed by atoms with van der Waals surface area (Å²) >= 11 is 0. The van der Waals surface area contributed by atoms with Gasteiger partial charge in [0, 0.05) is 37.8 Å². The van der Waals surface area contributed by atoms with Gasteiger partial charge in [0.05, 0.1) is 6.54 Å². The fraction of sp³-hybridized carbons (Fsp3) is 0.353. The van der Waals surface area contributed by atoms with Gasteiger partial charge < -0.3 is 10.6 Å². The summed E-state index contributed by atoms with van der Waals surface area (Å²) in [7, 11) is 0. The van der Waals surface area contributed by atoms with Crippen LogP contribution in [0.2, 0.25) is 0 Å². The molecule has 7 heteroatoms. The molecule has 2 heterocycles. The third-order valence-electron chi connectivity index (χ3n) is 4.09. The molecule has 1 amide bonds. The highest BCUT2D eigenvalue weighted by Gasteiger charge is 2.17. The molecule has 2 N–H and O–H groups in total. The molecule has 126 valence electrons. The SMILES string of the molecule is O=C(Cn1c(=O)ccn(Cc2ccccc2)c1=O)NCC1CNC1. The molecule has 0 saturated carbocycles. The van der Waals surface area contributed by atoms with Crippen LogP contribution in [0.15, 0.2) is 52.2 Å². The number of rotatable bonds is 6. The van der Waals surface area contributed by atoms with E-state index < -0.39 is 11.2 Å². The second kappa shape index (κ2) is 7.27. The van der Waals surface area contributed by atoms with E-state index in [4.69, 9.17) is 0 Å². The number of hydrogen-bond acceptors (Lipinski definition) is 4. The Morgan fingerprint density at radius 2 is 1.92 bits per heavy atom.